The fraction of sp³-hybridized carbons (Fsp3) is 0.111. The van der Waals surface area contributed by atoms with Crippen LogP contribution in [0.5, 0.6) is 0 Å². The van der Waals surface area contributed by atoms with E-state index < -0.39 is 6.30 Å². The van der Waals surface area contributed by atoms with Crippen LogP contribution >= 0.6 is 0 Å². The Kier molecular flexibility index (Phi) is 1.96. The molecule has 0 fully saturated rings. The van der Waals surface area contributed by atoms with E-state index in [1.165, 1.54) is 18.2 Å². The molecule has 0 saturated heterocycles. The molecule has 2 N–H and O–H groups in total. The summed E-state index contributed by atoms with van der Waals surface area (Å²) in [6.45, 7) is 0. The van der Waals surface area contributed by atoms with Gasteiger partial charge in [-0.05, 0) is 23.6 Å². The van der Waals surface area contributed by atoms with Crippen LogP contribution in [-0.2, 0) is 6.30 Å². The molecular formula is C9H6BF3N2. The zero-order valence-corrected chi connectivity index (χ0v) is 7.55. The highest BCUT2D eigenvalue weighted by Crippen LogP contribution is 2.28. The molecule has 0 aliphatic rings. The Bertz CT molecular complexity index is 516. The average Bonchev–Trinajstić information content (AvgIpc) is 2.43. The predicted molar refractivity (Wildman–Crippen MR) is 53.0 cm³/mol. The summed E-state index contributed by atoms with van der Waals surface area (Å²) in [6, 6.07) is 4.13. The van der Waals surface area contributed by atoms with E-state index in [4.69, 9.17) is 13.6 Å². The Balaban J connectivity index is 2.79. The van der Waals surface area contributed by atoms with Gasteiger partial charge in [-0.15, -0.1) is 13.2 Å². The van der Waals surface area contributed by atoms with Gasteiger partial charge in [0.25, 0.3) is 0 Å². The van der Waals surface area contributed by atoms with Gasteiger partial charge < -0.3 is 5.73 Å². The average molecular weight is 210 g/mol. The van der Waals surface area contributed by atoms with Gasteiger partial charge >= 0.3 is 6.30 Å². The molecule has 15 heavy (non-hydrogen) atoms. The van der Waals surface area contributed by atoms with Crippen LogP contribution in [0.25, 0.3) is 10.9 Å². The van der Waals surface area contributed by atoms with Crippen molar-refractivity contribution >= 4 is 29.9 Å². The van der Waals surface area contributed by atoms with Gasteiger partial charge in [0.15, 0.2) is 0 Å². The minimum Gasteiger partial charge on any atom is -0.399 e. The third kappa shape index (κ3) is 1.56. The maximum atomic E-state index is 12.5. The van der Waals surface area contributed by atoms with Crippen LogP contribution in [0.4, 0.5) is 18.9 Å². The van der Waals surface area contributed by atoms with E-state index in [1.807, 2.05) is 0 Å². The number of rotatable bonds is 0. The molecule has 0 spiro atoms. The summed E-state index contributed by atoms with van der Waals surface area (Å²) >= 11 is 0. The Morgan fingerprint density at radius 3 is 2.53 bits per heavy atom. The van der Waals surface area contributed by atoms with E-state index in [1.54, 1.807) is 0 Å². The van der Waals surface area contributed by atoms with Crippen molar-refractivity contribution in [3.63, 3.8) is 0 Å². The summed E-state index contributed by atoms with van der Waals surface area (Å²) in [5.74, 6) is 0. The summed E-state index contributed by atoms with van der Waals surface area (Å²) in [4.78, 5) is 0. The lowest BCUT2D eigenvalue weighted by Crippen LogP contribution is -2.15. The number of benzene rings is 1. The molecule has 0 amide bonds. The first kappa shape index (κ1) is 9.95. The van der Waals surface area contributed by atoms with E-state index in [0.717, 1.165) is 6.20 Å². The second kappa shape index (κ2) is 2.95. The molecule has 2 radical (unpaired) electrons. The maximum absolute atomic E-state index is 12.5. The van der Waals surface area contributed by atoms with Crippen LogP contribution in [0, 0.1) is 0 Å². The predicted octanol–water partition coefficient (Wildman–Crippen LogP) is 1.49. The topological polar surface area (TPSA) is 30.9 Å². The van der Waals surface area contributed by atoms with Gasteiger partial charge in [0, 0.05) is 11.9 Å². The van der Waals surface area contributed by atoms with E-state index >= 15 is 0 Å². The summed E-state index contributed by atoms with van der Waals surface area (Å²) < 4.78 is 37.7. The fourth-order valence-electron chi connectivity index (χ4n) is 1.48. The minimum absolute atomic E-state index is 0.00852. The molecule has 0 atom stereocenters. The van der Waals surface area contributed by atoms with Crippen molar-refractivity contribution in [2.75, 3.05) is 5.73 Å². The Labute approximate surface area is 84.9 Å². The fourth-order valence-corrected chi connectivity index (χ4v) is 1.48. The van der Waals surface area contributed by atoms with E-state index in [2.05, 4.69) is 0 Å². The van der Waals surface area contributed by atoms with Gasteiger partial charge in [0.1, 0.15) is 7.85 Å². The van der Waals surface area contributed by atoms with Crippen molar-refractivity contribution in [1.82, 2.24) is 4.57 Å². The lowest BCUT2D eigenvalue weighted by atomic mass is 9.96. The monoisotopic (exact) mass is 210 g/mol. The Morgan fingerprint density at radius 1 is 1.27 bits per heavy atom. The molecule has 0 aliphatic carbocycles. The number of nitrogen functional groups attached to an aromatic ring is 1. The first-order valence-electron chi connectivity index (χ1n) is 4.13. The van der Waals surface area contributed by atoms with Crippen molar-refractivity contribution in [1.29, 1.82) is 0 Å². The van der Waals surface area contributed by atoms with Gasteiger partial charge in [-0.3, -0.25) is 4.57 Å². The molecule has 0 aliphatic heterocycles. The summed E-state index contributed by atoms with van der Waals surface area (Å²) in [6.07, 6.45) is -3.61. The molecule has 0 saturated carbocycles. The van der Waals surface area contributed by atoms with Gasteiger partial charge in [-0.25, -0.2) is 0 Å². The van der Waals surface area contributed by atoms with Crippen LogP contribution in [-0.4, -0.2) is 12.4 Å². The van der Waals surface area contributed by atoms with E-state index in [-0.39, 0.29) is 15.5 Å². The lowest BCUT2D eigenvalue weighted by Gasteiger charge is -2.08. The summed E-state index contributed by atoms with van der Waals surface area (Å²) in [7, 11) is 5.47. The number of nitrogens with zero attached hydrogens (tertiary/aromatic N) is 1. The van der Waals surface area contributed by atoms with Crippen molar-refractivity contribution in [2.24, 2.45) is 0 Å². The highest BCUT2D eigenvalue weighted by Gasteiger charge is 2.31. The second-order valence-corrected chi connectivity index (χ2v) is 3.20. The number of nitrogens with two attached hydrogens (primary N) is 1. The van der Waals surface area contributed by atoms with Crippen molar-refractivity contribution in [2.45, 2.75) is 6.30 Å². The van der Waals surface area contributed by atoms with Crippen LogP contribution in [0.3, 0.4) is 0 Å². The number of halogens is 3. The Morgan fingerprint density at radius 2 is 1.93 bits per heavy atom. The molecule has 1 heterocycles. The van der Waals surface area contributed by atoms with Crippen LogP contribution < -0.4 is 11.2 Å². The number of aromatic nitrogens is 1. The molecule has 0 unspecified atom stereocenters. The standard InChI is InChI=1S/C9H6BF3N2/c10-7-4-15(9(11,12)13)8-2-1-5(14)3-6(7)8/h1-4H,14H2. The Hall–Kier alpha value is -1.59. The zero-order valence-electron chi connectivity index (χ0n) is 7.55. The molecule has 2 rings (SSSR count). The first-order chi connectivity index (χ1) is 6.89. The quantitative estimate of drug-likeness (QED) is 0.518. The van der Waals surface area contributed by atoms with Gasteiger partial charge in [0.05, 0.1) is 5.52 Å². The SMILES string of the molecule is [B]c1cn(C(F)(F)F)c2ccc(N)cc12. The molecule has 0 bridgehead atoms. The normalized spacial score (nSPS) is 12.2. The van der Waals surface area contributed by atoms with Crippen molar-refractivity contribution in [3.05, 3.63) is 24.4 Å². The van der Waals surface area contributed by atoms with Gasteiger partial charge in [0.2, 0.25) is 0 Å². The highest BCUT2D eigenvalue weighted by molar-refractivity contribution is 6.39. The second-order valence-electron chi connectivity index (χ2n) is 3.20. The molecule has 1 aromatic heterocycles. The minimum atomic E-state index is -4.47. The van der Waals surface area contributed by atoms with E-state index in [9.17, 15) is 13.2 Å². The zero-order chi connectivity index (χ0) is 11.2. The third-order valence-electron chi connectivity index (χ3n) is 2.13. The molecule has 6 heteroatoms. The molecular weight excluding hydrogens is 204 g/mol. The smallest absolute Gasteiger partial charge is 0.399 e. The van der Waals surface area contributed by atoms with Crippen molar-refractivity contribution < 1.29 is 13.2 Å². The summed E-state index contributed by atoms with van der Waals surface area (Å²) in [5.41, 5.74) is 5.92. The molecule has 76 valence electrons. The largest absolute Gasteiger partial charge is 0.488 e. The molecule has 2 nitrogen and oxygen atoms in total. The first-order valence-corrected chi connectivity index (χ1v) is 4.13. The van der Waals surface area contributed by atoms with Crippen molar-refractivity contribution in [3.8, 4) is 0 Å². The number of alkyl halides is 3. The third-order valence-corrected chi connectivity index (χ3v) is 2.13. The van der Waals surface area contributed by atoms with E-state index in [0.29, 0.717) is 11.1 Å². The molecule has 2 aromatic rings. The van der Waals surface area contributed by atoms with Crippen LogP contribution in [0.1, 0.15) is 0 Å². The van der Waals surface area contributed by atoms with Gasteiger partial charge in [-0.2, -0.15) is 0 Å². The number of anilines is 1. The molecule has 1 aromatic carbocycles. The van der Waals surface area contributed by atoms with Gasteiger partial charge in [-0.1, -0.05) is 5.46 Å². The van der Waals surface area contributed by atoms with Crippen LogP contribution in [0.15, 0.2) is 24.4 Å². The number of fused-ring (bicyclic) bond motifs is 1. The van der Waals surface area contributed by atoms with Crippen LogP contribution in [0.2, 0.25) is 0 Å². The maximum Gasteiger partial charge on any atom is 0.488 e. The summed E-state index contributed by atoms with van der Waals surface area (Å²) in [5, 5.41) is 0.312. The lowest BCUT2D eigenvalue weighted by molar-refractivity contribution is -0.200. The number of hydrogen-bond acceptors (Lipinski definition) is 1. The highest BCUT2D eigenvalue weighted by atomic mass is 19.4. The number of hydrogen-bond donors (Lipinski definition) is 1.